The molecule has 0 fully saturated rings. The number of anilines is 1. The summed E-state index contributed by atoms with van der Waals surface area (Å²) < 4.78 is 2.08. The fraction of sp³-hybridized carbons (Fsp3) is 0.176. The van der Waals surface area contributed by atoms with Crippen LogP contribution in [-0.4, -0.2) is 14.8 Å². The molecule has 0 aliphatic carbocycles. The quantitative estimate of drug-likeness (QED) is 0.492. The molecule has 0 aliphatic rings. The Bertz CT molecular complexity index is 864. The van der Waals surface area contributed by atoms with Crippen LogP contribution in [0.15, 0.2) is 47.6 Å². The molecule has 124 valence electrons. The number of aromatic nitrogens is 3. The zero-order valence-corrected chi connectivity index (χ0v) is 15.4. The zero-order chi connectivity index (χ0) is 17.1. The van der Waals surface area contributed by atoms with Crippen LogP contribution in [0.5, 0.6) is 0 Å². The number of benzene rings is 2. The first-order valence-electron chi connectivity index (χ1n) is 7.44. The summed E-state index contributed by atoms with van der Waals surface area (Å²) in [5.74, 6) is 1.56. The summed E-state index contributed by atoms with van der Waals surface area (Å²) >= 11 is 13.6. The first-order valence-corrected chi connectivity index (χ1v) is 9.18. The van der Waals surface area contributed by atoms with E-state index in [2.05, 4.69) is 21.7 Å². The Hall–Kier alpha value is -1.69. The van der Waals surface area contributed by atoms with E-state index in [1.54, 1.807) is 11.8 Å². The standard InChI is InChI=1S/C17H16Cl2N4S/c1-2-23-16(12-4-3-5-13(20)9-12)21-22-17(23)24-10-11-6-7-14(18)15(19)8-11/h3-9H,2,10,20H2,1H3. The predicted octanol–water partition coefficient (Wildman–Crippen LogP) is 5.15. The van der Waals surface area contributed by atoms with Crippen molar-refractivity contribution < 1.29 is 0 Å². The summed E-state index contributed by atoms with van der Waals surface area (Å²) in [6.07, 6.45) is 0. The van der Waals surface area contributed by atoms with E-state index in [9.17, 15) is 0 Å². The average Bonchev–Trinajstić information content (AvgIpc) is 2.99. The van der Waals surface area contributed by atoms with E-state index in [4.69, 9.17) is 28.9 Å². The second-order valence-electron chi connectivity index (χ2n) is 5.21. The van der Waals surface area contributed by atoms with Crippen LogP contribution in [0.2, 0.25) is 10.0 Å². The molecule has 0 unspecified atom stereocenters. The molecule has 1 heterocycles. The molecular formula is C17H16Cl2N4S. The van der Waals surface area contributed by atoms with Crippen molar-refractivity contribution >= 4 is 40.7 Å². The van der Waals surface area contributed by atoms with E-state index in [1.165, 1.54) is 0 Å². The molecule has 2 N–H and O–H groups in total. The first-order chi connectivity index (χ1) is 11.6. The Kier molecular flexibility index (Phi) is 5.33. The third kappa shape index (κ3) is 3.69. The molecule has 1 aromatic heterocycles. The van der Waals surface area contributed by atoms with Crippen molar-refractivity contribution in [1.29, 1.82) is 0 Å². The second kappa shape index (κ2) is 7.47. The normalized spacial score (nSPS) is 11.0. The van der Waals surface area contributed by atoms with Crippen LogP contribution in [0.3, 0.4) is 0 Å². The van der Waals surface area contributed by atoms with Gasteiger partial charge in [-0.2, -0.15) is 0 Å². The summed E-state index contributed by atoms with van der Waals surface area (Å²) in [5.41, 5.74) is 8.63. The van der Waals surface area contributed by atoms with Crippen LogP contribution in [0.1, 0.15) is 12.5 Å². The third-order valence-corrected chi connectivity index (χ3v) is 5.31. The van der Waals surface area contributed by atoms with Gasteiger partial charge >= 0.3 is 0 Å². The van der Waals surface area contributed by atoms with Gasteiger partial charge in [-0.05, 0) is 36.8 Å². The maximum absolute atomic E-state index is 6.07. The first kappa shape index (κ1) is 17.1. The largest absolute Gasteiger partial charge is 0.399 e. The molecule has 24 heavy (non-hydrogen) atoms. The number of hydrogen-bond donors (Lipinski definition) is 1. The van der Waals surface area contributed by atoms with Crippen molar-refractivity contribution in [3.05, 3.63) is 58.1 Å². The van der Waals surface area contributed by atoms with Crippen LogP contribution in [0.4, 0.5) is 5.69 Å². The highest BCUT2D eigenvalue weighted by Crippen LogP contribution is 2.29. The molecule has 0 atom stereocenters. The van der Waals surface area contributed by atoms with E-state index >= 15 is 0 Å². The van der Waals surface area contributed by atoms with Gasteiger partial charge in [-0.25, -0.2) is 0 Å². The zero-order valence-electron chi connectivity index (χ0n) is 13.0. The van der Waals surface area contributed by atoms with Gasteiger partial charge in [-0.1, -0.05) is 53.2 Å². The maximum Gasteiger partial charge on any atom is 0.191 e. The van der Waals surface area contributed by atoms with Gasteiger partial charge in [-0.15, -0.1) is 10.2 Å². The highest BCUT2D eigenvalue weighted by Gasteiger charge is 2.13. The molecule has 4 nitrogen and oxygen atoms in total. The number of hydrogen-bond acceptors (Lipinski definition) is 4. The number of nitrogens with zero attached hydrogens (tertiary/aromatic N) is 3. The second-order valence-corrected chi connectivity index (χ2v) is 6.97. The van der Waals surface area contributed by atoms with E-state index in [-0.39, 0.29) is 0 Å². The summed E-state index contributed by atoms with van der Waals surface area (Å²) in [7, 11) is 0. The van der Waals surface area contributed by atoms with Crippen molar-refractivity contribution in [3.63, 3.8) is 0 Å². The fourth-order valence-corrected chi connectivity index (χ4v) is 3.62. The summed E-state index contributed by atoms with van der Waals surface area (Å²) in [5, 5.41) is 10.6. The molecule has 3 aromatic rings. The molecule has 0 saturated carbocycles. The van der Waals surface area contributed by atoms with Crippen LogP contribution in [-0.2, 0) is 12.3 Å². The van der Waals surface area contributed by atoms with Crippen molar-refractivity contribution in [2.75, 3.05) is 5.73 Å². The molecule has 0 radical (unpaired) electrons. The van der Waals surface area contributed by atoms with Crippen LogP contribution >= 0.6 is 35.0 Å². The third-order valence-electron chi connectivity index (χ3n) is 3.53. The van der Waals surface area contributed by atoms with Crippen LogP contribution in [0, 0.1) is 0 Å². The van der Waals surface area contributed by atoms with Crippen LogP contribution < -0.4 is 5.73 Å². The van der Waals surface area contributed by atoms with Crippen molar-refractivity contribution in [1.82, 2.24) is 14.8 Å². The lowest BCUT2D eigenvalue weighted by atomic mass is 10.2. The van der Waals surface area contributed by atoms with Gasteiger partial charge in [0.15, 0.2) is 11.0 Å². The molecule has 0 saturated heterocycles. The van der Waals surface area contributed by atoms with E-state index < -0.39 is 0 Å². The SMILES string of the molecule is CCn1c(SCc2ccc(Cl)c(Cl)c2)nnc1-c1cccc(N)c1. The van der Waals surface area contributed by atoms with Crippen molar-refractivity contribution in [3.8, 4) is 11.4 Å². The Balaban J connectivity index is 1.83. The minimum absolute atomic E-state index is 0.561. The molecule has 0 aliphatic heterocycles. The number of nitrogens with two attached hydrogens (primary N) is 1. The molecule has 0 bridgehead atoms. The lowest BCUT2D eigenvalue weighted by molar-refractivity contribution is 0.687. The molecule has 7 heteroatoms. The lowest BCUT2D eigenvalue weighted by Gasteiger charge is -2.08. The Morgan fingerprint density at radius 1 is 1.08 bits per heavy atom. The summed E-state index contributed by atoms with van der Waals surface area (Å²) in [4.78, 5) is 0. The molecular weight excluding hydrogens is 363 g/mol. The molecule has 0 amide bonds. The minimum Gasteiger partial charge on any atom is -0.399 e. The summed E-state index contributed by atoms with van der Waals surface area (Å²) in [6, 6.07) is 13.3. The van der Waals surface area contributed by atoms with Gasteiger partial charge in [-0.3, -0.25) is 0 Å². The van der Waals surface area contributed by atoms with Gasteiger partial charge in [0, 0.05) is 23.5 Å². The fourth-order valence-electron chi connectivity index (χ4n) is 2.35. The number of rotatable bonds is 5. The van der Waals surface area contributed by atoms with Gasteiger partial charge < -0.3 is 10.3 Å². The number of nitrogen functional groups attached to an aromatic ring is 1. The predicted molar refractivity (Wildman–Crippen MR) is 102 cm³/mol. The number of thioether (sulfide) groups is 1. The lowest BCUT2D eigenvalue weighted by Crippen LogP contribution is -2.00. The monoisotopic (exact) mass is 378 g/mol. The highest BCUT2D eigenvalue weighted by molar-refractivity contribution is 7.98. The molecule has 3 rings (SSSR count). The van der Waals surface area contributed by atoms with Crippen molar-refractivity contribution in [2.24, 2.45) is 0 Å². The highest BCUT2D eigenvalue weighted by atomic mass is 35.5. The maximum atomic E-state index is 6.07. The van der Waals surface area contributed by atoms with Crippen LogP contribution in [0.25, 0.3) is 11.4 Å². The van der Waals surface area contributed by atoms with Gasteiger partial charge in [0.2, 0.25) is 0 Å². The topological polar surface area (TPSA) is 56.7 Å². The Labute approximate surface area is 155 Å². The van der Waals surface area contributed by atoms with Gasteiger partial charge in [0.25, 0.3) is 0 Å². The summed E-state index contributed by atoms with van der Waals surface area (Å²) in [6.45, 7) is 2.85. The average molecular weight is 379 g/mol. The number of halogens is 2. The van der Waals surface area contributed by atoms with E-state index in [0.717, 1.165) is 34.4 Å². The van der Waals surface area contributed by atoms with Crippen molar-refractivity contribution in [2.45, 2.75) is 24.4 Å². The smallest absolute Gasteiger partial charge is 0.191 e. The Morgan fingerprint density at radius 3 is 2.62 bits per heavy atom. The van der Waals surface area contributed by atoms with E-state index in [1.807, 2.05) is 42.5 Å². The molecule has 0 spiro atoms. The van der Waals surface area contributed by atoms with Gasteiger partial charge in [0.1, 0.15) is 0 Å². The molecule has 2 aromatic carbocycles. The minimum atomic E-state index is 0.561. The van der Waals surface area contributed by atoms with E-state index in [0.29, 0.717) is 15.7 Å². The van der Waals surface area contributed by atoms with Gasteiger partial charge in [0.05, 0.1) is 10.0 Å². The Morgan fingerprint density at radius 2 is 1.92 bits per heavy atom.